The molecule has 10 nitrogen and oxygen atoms in total. The highest BCUT2D eigenvalue weighted by molar-refractivity contribution is 6.22. The van der Waals surface area contributed by atoms with Gasteiger partial charge in [-0.05, 0) is 32.8 Å². The summed E-state index contributed by atoms with van der Waals surface area (Å²) in [4.78, 5) is 62.6. The molecule has 0 spiro atoms. The number of piperidine rings is 1. The molecule has 0 saturated carbocycles. The summed E-state index contributed by atoms with van der Waals surface area (Å²) in [6.45, 7) is 3.82. The number of nitro benzene ring substituents is 1. The van der Waals surface area contributed by atoms with Gasteiger partial charge < -0.3 is 10.2 Å². The van der Waals surface area contributed by atoms with Crippen molar-refractivity contribution in [1.29, 1.82) is 0 Å². The van der Waals surface area contributed by atoms with Crippen molar-refractivity contribution in [2.75, 3.05) is 25.5 Å². The number of amides is 4. The van der Waals surface area contributed by atoms with Gasteiger partial charge in [0.05, 0.1) is 21.5 Å². The number of carbonyl (C=O) groups excluding carboxylic acids is 4. The normalized spacial score (nSPS) is 17.0. The van der Waals surface area contributed by atoms with E-state index in [2.05, 4.69) is 5.32 Å². The summed E-state index contributed by atoms with van der Waals surface area (Å²) in [6.07, 6.45) is 1.09. The third-order valence-corrected chi connectivity index (χ3v) is 6.26. The number of nitrogens with one attached hydrogen (secondary N) is 1. The molecule has 4 amide bonds. The number of alkyl halides is 1. The Morgan fingerprint density at radius 1 is 1.19 bits per heavy atom. The SMILES string of the molecule is CC(C)(CCl)C(=O)NC1CCN(C(=O)CN2C(=O)c3ccc([N+](=O)[O-])cc3C2=O)CC1. The number of benzene rings is 1. The van der Waals surface area contributed by atoms with Crippen LogP contribution in [-0.2, 0) is 9.59 Å². The highest BCUT2D eigenvalue weighted by Gasteiger charge is 2.39. The quantitative estimate of drug-likeness (QED) is 0.303. The van der Waals surface area contributed by atoms with Crippen molar-refractivity contribution in [3.8, 4) is 0 Å². The topological polar surface area (TPSA) is 130 Å². The maximum absolute atomic E-state index is 12.7. The molecule has 1 saturated heterocycles. The van der Waals surface area contributed by atoms with Crippen LogP contribution in [-0.4, -0.2) is 69.9 Å². The molecule has 3 rings (SSSR count). The molecule has 2 aliphatic rings. The van der Waals surface area contributed by atoms with Gasteiger partial charge in [-0.15, -0.1) is 11.6 Å². The summed E-state index contributed by atoms with van der Waals surface area (Å²) in [5, 5.41) is 13.9. The van der Waals surface area contributed by atoms with Crippen LogP contribution in [0.25, 0.3) is 0 Å². The van der Waals surface area contributed by atoms with Crippen LogP contribution in [0.15, 0.2) is 18.2 Å². The first kappa shape index (κ1) is 22.7. The van der Waals surface area contributed by atoms with Gasteiger partial charge in [0.15, 0.2) is 0 Å². The number of nitrogens with zero attached hydrogens (tertiary/aromatic N) is 3. The van der Waals surface area contributed by atoms with Crippen molar-refractivity contribution in [1.82, 2.24) is 15.1 Å². The van der Waals surface area contributed by atoms with Gasteiger partial charge in [-0.2, -0.15) is 0 Å². The number of nitro groups is 1. The first-order chi connectivity index (χ1) is 14.5. The smallest absolute Gasteiger partial charge is 0.270 e. The van der Waals surface area contributed by atoms with E-state index >= 15 is 0 Å². The number of imide groups is 1. The molecule has 1 aromatic carbocycles. The summed E-state index contributed by atoms with van der Waals surface area (Å²) in [7, 11) is 0. The fraction of sp³-hybridized carbons (Fsp3) is 0.500. The average Bonchev–Trinajstić information content (AvgIpc) is 2.98. The minimum atomic E-state index is -0.720. The van der Waals surface area contributed by atoms with E-state index in [0.29, 0.717) is 25.9 Å². The van der Waals surface area contributed by atoms with Gasteiger partial charge in [0.25, 0.3) is 17.5 Å². The Morgan fingerprint density at radius 2 is 1.81 bits per heavy atom. The lowest BCUT2D eigenvalue weighted by molar-refractivity contribution is -0.384. The Hall–Kier alpha value is -3.01. The maximum atomic E-state index is 12.7. The largest absolute Gasteiger partial charge is 0.353 e. The Balaban J connectivity index is 1.58. The van der Waals surface area contributed by atoms with E-state index in [1.807, 2.05) is 0 Å². The van der Waals surface area contributed by atoms with Gasteiger partial charge in [0, 0.05) is 37.1 Å². The zero-order chi connectivity index (χ0) is 22.9. The Labute approximate surface area is 183 Å². The molecule has 2 aliphatic heterocycles. The molecule has 0 aromatic heterocycles. The van der Waals surface area contributed by atoms with Crippen molar-refractivity contribution in [2.24, 2.45) is 5.41 Å². The molecule has 166 valence electrons. The molecule has 1 aromatic rings. The van der Waals surface area contributed by atoms with E-state index < -0.39 is 34.6 Å². The van der Waals surface area contributed by atoms with Crippen LogP contribution in [0.3, 0.4) is 0 Å². The Morgan fingerprint density at radius 3 is 2.39 bits per heavy atom. The standard InChI is InChI=1S/C20H23ClN4O6/c1-20(2,11-21)19(29)22-12-5-7-23(8-6-12)16(26)10-24-17(27)14-4-3-13(25(30)31)9-15(14)18(24)28/h3-4,9,12H,5-8,10-11H2,1-2H3,(H,22,29). The number of carbonyl (C=O) groups is 4. The van der Waals surface area contributed by atoms with Gasteiger partial charge >= 0.3 is 0 Å². The number of hydrogen-bond donors (Lipinski definition) is 1. The van der Waals surface area contributed by atoms with E-state index in [9.17, 15) is 29.3 Å². The molecular formula is C20H23ClN4O6. The fourth-order valence-electron chi connectivity index (χ4n) is 3.49. The number of hydrogen-bond acceptors (Lipinski definition) is 6. The zero-order valence-corrected chi connectivity index (χ0v) is 18.0. The van der Waals surface area contributed by atoms with Crippen LogP contribution in [0.4, 0.5) is 5.69 Å². The molecule has 1 fully saturated rings. The molecule has 0 aliphatic carbocycles. The summed E-state index contributed by atoms with van der Waals surface area (Å²) in [5.41, 5.74) is -1.01. The summed E-state index contributed by atoms with van der Waals surface area (Å²) >= 11 is 5.83. The van der Waals surface area contributed by atoms with Crippen LogP contribution in [0, 0.1) is 15.5 Å². The molecule has 0 bridgehead atoms. The predicted molar refractivity (Wildman–Crippen MR) is 111 cm³/mol. The molecular weight excluding hydrogens is 428 g/mol. The van der Waals surface area contributed by atoms with Crippen LogP contribution in [0.2, 0.25) is 0 Å². The lowest BCUT2D eigenvalue weighted by atomic mass is 9.93. The number of likely N-dealkylation sites (tertiary alicyclic amines) is 1. The van der Waals surface area contributed by atoms with Gasteiger partial charge in [-0.3, -0.25) is 34.2 Å². The summed E-state index contributed by atoms with van der Waals surface area (Å²) < 4.78 is 0. The van der Waals surface area contributed by atoms with E-state index in [1.165, 1.54) is 6.07 Å². The lowest BCUT2D eigenvalue weighted by Gasteiger charge is -2.34. The van der Waals surface area contributed by atoms with E-state index in [0.717, 1.165) is 17.0 Å². The van der Waals surface area contributed by atoms with Crippen LogP contribution in [0.1, 0.15) is 47.4 Å². The van der Waals surface area contributed by atoms with Crippen LogP contribution < -0.4 is 5.32 Å². The second-order valence-corrected chi connectivity index (χ2v) is 8.60. The third-order valence-electron chi connectivity index (χ3n) is 5.59. The van der Waals surface area contributed by atoms with Crippen molar-refractivity contribution >= 4 is 40.9 Å². The minimum Gasteiger partial charge on any atom is -0.353 e. The van der Waals surface area contributed by atoms with E-state index in [-0.39, 0.29) is 34.6 Å². The first-order valence-corrected chi connectivity index (χ1v) is 10.4. The summed E-state index contributed by atoms with van der Waals surface area (Å²) in [5.74, 6) is -1.71. The number of rotatable bonds is 6. The Bertz CT molecular complexity index is 955. The summed E-state index contributed by atoms with van der Waals surface area (Å²) in [6, 6.07) is 3.35. The second-order valence-electron chi connectivity index (χ2n) is 8.33. The Kier molecular flexibility index (Phi) is 6.30. The second kappa shape index (κ2) is 8.62. The maximum Gasteiger partial charge on any atom is 0.270 e. The van der Waals surface area contributed by atoms with Gasteiger partial charge in [-0.25, -0.2) is 0 Å². The molecule has 2 heterocycles. The van der Waals surface area contributed by atoms with Gasteiger partial charge in [-0.1, -0.05) is 0 Å². The zero-order valence-electron chi connectivity index (χ0n) is 17.2. The van der Waals surface area contributed by atoms with Crippen molar-refractivity contribution < 1.29 is 24.1 Å². The van der Waals surface area contributed by atoms with E-state index in [4.69, 9.17) is 11.6 Å². The number of non-ortho nitro benzene ring substituents is 1. The monoisotopic (exact) mass is 450 g/mol. The lowest BCUT2D eigenvalue weighted by Crippen LogP contribution is -2.51. The molecule has 0 radical (unpaired) electrons. The van der Waals surface area contributed by atoms with Crippen LogP contribution >= 0.6 is 11.6 Å². The molecule has 0 atom stereocenters. The molecule has 31 heavy (non-hydrogen) atoms. The van der Waals surface area contributed by atoms with Crippen molar-refractivity contribution in [3.63, 3.8) is 0 Å². The molecule has 0 unspecified atom stereocenters. The third kappa shape index (κ3) is 4.53. The highest BCUT2D eigenvalue weighted by atomic mass is 35.5. The molecule has 11 heteroatoms. The van der Waals surface area contributed by atoms with Crippen molar-refractivity contribution in [2.45, 2.75) is 32.7 Å². The highest BCUT2D eigenvalue weighted by Crippen LogP contribution is 2.27. The van der Waals surface area contributed by atoms with Gasteiger partial charge in [0.1, 0.15) is 6.54 Å². The first-order valence-electron chi connectivity index (χ1n) is 9.84. The molecule has 1 N–H and O–H groups in total. The van der Waals surface area contributed by atoms with Gasteiger partial charge in [0.2, 0.25) is 11.8 Å². The average molecular weight is 451 g/mol. The van der Waals surface area contributed by atoms with E-state index in [1.54, 1.807) is 18.7 Å². The number of halogens is 1. The number of fused-ring (bicyclic) bond motifs is 1. The van der Waals surface area contributed by atoms with Crippen LogP contribution in [0.5, 0.6) is 0 Å². The minimum absolute atomic E-state index is 0.0479. The fourth-order valence-corrected chi connectivity index (χ4v) is 3.61. The van der Waals surface area contributed by atoms with Crippen molar-refractivity contribution in [3.05, 3.63) is 39.4 Å². The predicted octanol–water partition coefficient (Wildman–Crippen LogP) is 1.56.